The second-order valence-corrected chi connectivity index (χ2v) is 7.67. The molecule has 0 aromatic carbocycles. The summed E-state index contributed by atoms with van der Waals surface area (Å²) < 4.78 is 27.4. The largest absolute Gasteiger partial charge is 0.317 e. The Morgan fingerprint density at radius 1 is 1.24 bits per heavy atom. The molecule has 0 aliphatic heterocycles. The molecule has 0 aliphatic rings. The lowest BCUT2D eigenvalue weighted by atomic mass is 10.3. The fourth-order valence-corrected chi connectivity index (χ4v) is 4.17. The molecule has 0 aliphatic carbocycles. The Labute approximate surface area is 129 Å². The zero-order valence-corrected chi connectivity index (χ0v) is 13.7. The van der Waals surface area contributed by atoms with Crippen LogP contribution in [0.5, 0.6) is 0 Å². The molecule has 0 saturated heterocycles. The maximum atomic E-state index is 12.3. The van der Waals surface area contributed by atoms with Gasteiger partial charge in [0.25, 0.3) is 10.0 Å². The molecule has 2 rings (SSSR count). The molecular weight excluding hydrogens is 306 g/mol. The van der Waals surface area contributed by atoms with Crippen molar-refractivity contribution in [1.29, 1.82) is 0 Å². The van der Waals surface area contributed by atoms with Gasteiger partial charge in [0.2, 0.25) is 0 Å². The summed E-state index contributed by atoms with van der Waals surface area (Å²) in [6.07, 6.45) is 0.830. The number of rotatable bonds is 7. The van der Waals surface area contributed by atoms with Crippen LogP contribution in [0.2, 0.25) is 0 Å². The summed E-state index contributed by atoms with van der Waals surface area (Å²) >= 11 is 1.30. The Hall–Kier alpha value is -1.44. The lowest BCUT2D eigenvalue weighted by Crippen LogP contribution is -2.15. The molecule has 5 nitrogen and oxygen atoms in total. The van der Waals surface area contributed by atoms with Gasteiger partial charge in [-0.25, -0.2) is 13.4 Å². The first-order chi connectivity index (χ1) is 10.0. The van der Waals surface area contributed by atoms with Crippen LogP contribution in [-0.4, -0.2) is 26.5 Å². The van der Waals surface area contributed by atoms with E-state index in [1.807, 2.05) is 26.0 Å². The normalized spacial score (nSPS) is 11.5. The molecule has 0 unspecified atom stereocenters. The molecule has 2 aromatic heterocycles. The van der Waals surface area contributed by atoms with E-state index in [9.17, 15) is 8.42 Å². The van der Waals surface area contributed by atoms with Gasteiger partial charge in [0.05, 0.1) is 0 Å². The number of aromatic nitrogens is 1. The molecular formula is C14H19N3O2S2. The van der Waals surface area contributed by atoms with Crippen LogP contribution in [0, 0.1) is 6.92 Å². The summed E-state index contributed by atoms with van der Waals surface area (Å²) in [5.74, 6) is 0.345. The van der Waals surface area contributed by atoms with E-state index in [0.29, 0.717) is 10.0 Å². The van der Waals surface area contributed by atoms with Crippen LogP contribution in [0.25, 0.3) is 0 Å². The average molecular weight is 325 g/mol. The predicted octanol–water partition coefficient (Wildman–Crippen LogP) is 2.40. The summed E-state index contributed by atoms with van der Waals surface area (Å²) in [5.41, 5.74) is 0.771. The summed E-state index contributed by atoms with van der Waals surface area (Å²) in [6.45, 7) is 5.63. The Morgan fingerprint density at radius 2 is 2.05 bits per heavy atom. The zero-order valence-electron chi connectivity index (χ0n) is 12.1. The molecule has 21 heavy (non-hydrogen) atoms. The monoisotopic (exact) mass is 325 g/mol. The highest BCUT2D eigenvalue weighted by Crippen LogP contribution is 2.23. The molecule has 114 valence electrons. The van der Waals surface area contributed by atoms with E-state index in [1.54, 1.807) is 18.2 Å². The standard InChI is InChI=1S/C14H19N3O2S2/c1-3-15-10-9-12-7-8-14(20-12)21(18,19)17-13-6-4-5-11(2)16-13/h4-8,15H,3,9-10H2,1-2H3,(H,16,17). The fraction of sp³-hybridized carbons (Fsp3) is 0.357. The smallest absolute Gasteiger partial charge is 0.272 e. The maximum absolute atomic E-state index is 12.3. The molecule has 0 fully saturated rings. The van der Waals surface area contributed by atoms with Crippen molar-refractivity contribution in [2.45, 2.75) is 24.5 Å². The van der Waals surface area contributed by atoms with Gasteiger partial charge in [0.15, 0.2) is 0 Å². The molecule has 2 N–H and O–H groups in total. The van der Waals surface area contributed by atoms with Gasteiger partial charge < -0.3 is 5.32 Å². The van der Waals surface area contributed by atoms with Gasteiger partial charge in [-0.15, -0.1) is 11.3 Å². The van der Waals surface area contributed by atoms with Crippen molar-refractivity contribution in [3.05, 3.63) is 40.9 Å². The van der Waals surface area contributed by atoms with Crippen molar-refractivity contribution < 1.29 is 8.42 Å². The van der Waals surface area contributed by atoms with Crippen molar-refractivity contribution >= 4 is 27.2 Å². The lowest BCUT2D eigenvalue weighted by Gasteiger charge is -2.05. The van der Waals surface area contributed by atoms with Crippen LogP contribution in [0.3, 0.4) is 0 Å². The molecule has 7 heteroatoms. The first-order valence-corrected chi connectivity index (χ1v) is 9.07. The van der Waals surface area contributed by atoms with Gasteiger partial charge in [0.1, 0.15) is 10.0 Å². The predicted molar refractivity (Wildman–Crippen MR) is 86.3 cm³/mol. The summed E-state index contributed by atoms with van der Waals surface area (Å²) in [7, 11) is -3.55. The Morgan fingerprint density at radius 3 is 2.76 bits per heavy atom. The molecule has 0 saturated carbocycles. The fourth-order valence-electron chi connectivity index (χ4n) is 1.81. The number of anilines is 1. The van der Waals surface area contributed by atoms with E-state index in [2.05, 4.69) is 15.0 Å². The van der Waals surface area contributed by atoms with Crippen LogP contribution in [0.1, 0.15) is 17.5 Å². The maximum Gasteiger partial charge on any atom is 0.272 e. The van der Waals surface area contributed by atoms with Gasteiger partial charge in [-0.1, -0.05) is 13.0 Å². The third-order valence-electron chi connectivity index (χ3n) is 2.83. The van der Waals surface area contributed by atoms with E-state index in [4.69, 9.17) is 0 Å². The lowest BCUT2D eigenvalue weighted by molar-refractivity contribution is 0.603. The number of hydrogen-bond acceptors (Lipinski definition) is 5. The van der Waals surface area contributed by atoms with Crippen LogP contribution in [0.15, 0.2) is 34.5 Å². The minimum Gasteiger partial charge on any atom is -0.317 e. The second kappa shape index (κ2) is 7.02. The van der Waals surface area contributed by atoms with E-state index >= 15 is 0 Å². The average Bonchev–Trinajstić information content (AvgIpc) is 2.88. The number of aryl methyl sites for hydroxylation is 1. The van der Waals surface area contributed by atoms with Crippen LogP contribution in [0.4, 0.5) is 5.82 Å². The zero-order chi connectivity index (χ0) is 15.3. The highest BCUT2D eigenvalue weighted by atomic mass is 32.2. The molecule has 0 radical (unpaired) electrons. The van der Waals surface area contributed by atoms with Gasteiger partial charge >= 0.3 is 0 Å². The summed E-state index contributed by atoms with van der Waals surface area (Å²) in [4.78, 5) is 5.21. The summed E-state index contributed by atoms with van der Waals surface area (Å²) in [6, 6.07) is 8.74. The number of hydrogen-bond donors (Lipinski definition) is 2. The minimum atomic E-state index is -3.55. The van der Waals surface area contributed by atoms with E-state index < -0.39 is 10.0 Å². The number of likely N-dealkylation sites (N-methyl/N-ethyl adjacent to an activating group) is 1. The molecule has 2 aromatic rings. The molecule has 0 amide bonds. The molecule has 2 heterocycles. The molecule has 0 bridgehead atoms. The van der Waals surface area contributed by atoms with Crippen molar-refractivity contribution in [1.82, 2.24) is 10.3 Å². The number of pyridine rings is 1. The number of sulfonamides is 1. The first kappa shape index (κ1) is 15.9. The Kier molecular flexibility index (Phi) is 5.33. The number of thiophene rings is 1. The van der Waals surface area contributed by atoms with Crippen LogP contribution < -0.4 is 10.0 Å². The Bertz CT molecular complexity index is 696. The quantitative estimate of drug-likeness (QED) is 0.767. The second-order valence-electron chi connectivity index (χ2n) is 4.59. The van der Waals surface area contributed by atoms with Crippen molar-refractivity contribution in [3.8, 4) is 0 Å². The molecule has 0 atom stereocenters. The number of nitrogens with zero attached hydrogens (tertiary/aromatic N) is 1. The van der Waals surface area contributed by atoms with Gasteiger partial charge in [-0.05, 0) is 50.7 Å². The van der Waals surface area contributed by atoms with Gasteiger partial charge in [0, 0.05) is 10.6 Å². The van der Waals surface area contributed by atoms with Crippen molar-refractivity contribution in [3.63, 3.8) is 0 Å². The van der Waals surface area contributed by atoms with Crippen molar-refractivity contribution in [2.75, 3.05) is 17.8 Å². The highest BCUT2D eigenvalue weighted by molar-refractivity contribution is 7.94. The van der Waals surface area contributed by atoms with Gasteiger partial charge in [-0.3, -0.25) is 4.72 Å². The van der Waals surface area contributed by atoms with E-state index in [0.717, 1.165) is 30.1 Å². The Balaban J connectivity index is 2.09. The van der Waals surface area contributed by atoms with E-state index in [-0.39, 0.29) is 0 Å². The third-order valence-corrected chi connectivity index (χ3v) is 5.82. The van der Waals surface area contributed by atoms with E-state index in [1.165, 1.54) is 11.3 Å². The highest BCUT2D eigenvalue weighted by Gasteiger charge is 2.17. The summed E-state index contributed by atoms with van der Waals surface area (Å²) in [5, 5.41) is 3.22. The molecule has 0 spiro atoms. The minimum absolute atomic E-state index is 0.317. The van der Waals surface area contributed by atoms with Crippen molar-refractivity contribution in [2.24, 2.45) is 0 Å². The topological polar surface area (TPSA) is 71.1 Å². The first-order valence-electron chi connectivity index (χ1n) is 6.77. The third kappa shape index (κ3) is 4.52. The number of nitrogens with one attached hydrogen (secondary N) is 2. The SMILES string of the molecule is CCNCCc1ccc(S(=O)(=O)Nc2cccc(C)n2)s1. The van der Waals surface area contributed by atoms with Gasteiger partial charge in [-0.2, -0.15) is 0 Å². The van der Waals surface area contributed by atoms with Crippen LogP contribution in [-0.2, 0) is 16.4 Å². The van der Waals surface area contributed by atoms with Crippen LogP contribution >= 0.6 is 11.3 Å².